The smallest absolute Gasteiger partial charge is 0.339 e. The van der Waals surface area contributed by atoms with Gasteiger partial charge in [-0.15, -0.1) is 0 Å². The molecule has 4 heteroatoms. The standard InChI is InChI=1S/C16H15FO3/c17-13-8-9-14(16(18)19)15(11-13)20-10-4-7-12-5-2-1-3-6-12/h1-3,5-6,8-9,11H,4,7,10H2,(H,18,19). The molecule has 0 saturated carbocycles. The third-order valence-electron chi connectivity index (χ3n) is 2.88. The molecule has 1 N–H and O–H groups in total. The molecule has 0 aliphatic carbocycles. The molecule has 0 saturated heterocycles. The number of carboxylic acid groups (broad SMARTS) is 1. The van der Waals surface area contributed by atoms with Crippen LogP contribution in [0.2, 0.25) is 0 Å². The van der Waals surface area contributed by atoms with Gasteiger partial charge in [-0.05, 0) is 30.5 Å². The van der Waals surface area contributed by atoms with E-state index in [1.807, 2.05) is 30.3 Å². The van der Waals surface area contributed by atoms with E-state index in [9.17, 15) is 9.18 Å². The lowest BCUT2D eigenvalue weighted by atomic mass is 10.1. The van der Waals surface area contributed by atoms with Crippen LogP contribution in [0.15, 0.2) is 48.5 Å². The Morgan fingerprint density at radius 1 is 1.15 bits per heavy atom. The van der Waals surface area contributed by atoms with Crippen LogP contribution in [0.25, 0.3) is 0 Å². The van der Waals surface area contributed by atoms with Crippen molar-refractivity contribution in [3.8, 4) is 5.75 Å². The molecule has 0 unspecified atom stereocenters. The fourth-order valence-corrected chi connectivity index (χ4v) is 1.90. The van der Waals surface area contributed by atoms with E-state index in [0.717, 1.165) is 25.0 Å². The summed E-state index contributed by atoms with van der Waals surface area (Å²) in [5.41, 5.74) is 1.17. The van der Waals surface area contributed by atoms with E-state index < -0.39 is 11.8 Å². The Balaban J connectivity index is 1.91. The average molecular weight is 274 g/mol. The molecule has 0 amide bonds. The van der Waals surface area contributed by atoms with Crippen LogP contribution in [-0.2, 0) is 6.42 Å². The molecule has 0 aliphatic rings. The van der Waals surface area contributed by atoms with Crippen molar-refractivity contribution in [2.24, 2.45) is 0 Å². The molecule has 2 aromatic rings. The minimum Gasteiger partial charge on any atom is -0.493 e. The number of ether oxygens (including phenoxy) is 1. The maximum Gasteiger partial charge on any atom is 0.339 e. The lowest BCUT2D eigenvalue weighted by molar-refractivity contribution is 0.0692. The zero-order valence-corrected chi connectivity index (χ0v) is 10.9. The summed E-state index contributed by atoms with van der Waals surface area (Å²) >= 11 is 0. The van der Waals surface area contributed by atoms with E-state index in [0.29, 0.717) is 6.61 Å². The van der Waals surface area contributed by atoms with Gasteiger partial charge in [-0.2, -0.15) is 0 Å². The molecule has 0 radical (unpaired) electrons. The summed E-state index contributed by atoms with van der Waals surface area (Å²) in [7, 11) is 0. The third kappa shape index (κ3) is 3.82. The van der Waals surface area contributed by atoms with Gasteiger partial charge in [0.15, 0.2) is 0 Å². The highest BCUT2D eigenvalue weighted by Gasteiger charge is 2.12. The van der Waals surface area contributed by atoms with Crippen LogP contribution in [0.3, 0.4) is 0 Å². The normalized spacial score (nSPS) is 10.2. The Morgan fingerprint density at radius 2 is 1.90 bits per heavy atom. The second-order valence-electron chi connectivity index (χ2n) is 4.38. The molecule has 0 aromatic heterocycles. The fourth-order valence-electron chi connectivity index (χ4n) is 1.90. The molecular formula is C16H15FO3. The molecular weight excluding hydrogens is 259 g/mol. The quantitative estimate of drug-likeness (QED) is 0.820. The van der Waals surface area contributed by atoms with E-state index in [-0.39, 0.29) is 11.3 Å². The third-order valence-corrected chi connectivity index (χ3v) is 2.88. The first-order chi connectivity index (χ1) is 9.66. The maximum atomic E-state index is 13.1. The Kier molecular flexibility index (Phi) is 4.71. The second-order valence-corrected chi connectivity index (χ2v) is 4.38. The van der Waals surface area contributed by atoms with Gasteiger partial charge in [0, 0.05) is 6.07 Å². The molecule has 0 bridgehead atoms. The van der Waals surface area contributed by atoms with Gasteiger partial charge >= 0.3 is 5.97 Å². The number of hydrogen-bond acceptors (Lipinski definition) is 2. The van der Waals surface area contributed by atoms with Crippen LogP contribution in [0.4, 0.5) is 4.39 Å². The van der Waals surface area contributed by atoms with Crippen LogP contribution in [0.5, 0.6) is 5.75 Å². The maximum absolute atomic E-state index is 13.1. The van der Waals surface area contributed by atoms with Crippen molar-refractivity contribution in [3.63, 3.8) is 0 Å². The van der Waals surface area contributed by atoms with Gasteiger partial charge in [0.1, 0.15) is 17.1 Å². The highest BCUT2D eigenvalue weighted by Crippen LogP contribution is 2.20. The molecule has 0 fully saturated rings. The SMILES string of the molecule is O=C(O)c1ccc(F)cc1OCCCc1ccccc1. The van der Waals surface area contributed by atoms with E-state index in [1.54, 1.807) is 0 Å². The van der Waals surface area contributed by atoms with Crippen molar-refractivity contribution in [1.29, 1.82) is 0 Å². The number of carboxylic acids is 1. The summed E-state index contributed by atoms with van der Waals surface area (Å²) in [6.07, 6.45) is 1.57. The Hall–Kier alpha value is -2.36. The first-order valence-electron chi connectivity index (χ1n) is 6.36. The summed E-state index contributed by atoms with van der Waals surface area (Å²) < 4.78 is 18.5. The Morgan fingerprint density at radius 3 is 2.60 bits per heavy atom. The minimum atomic E-state index is -1.12. The van der Waals surface area contributed by atoms with Crippen molar-refractivity contribution in [3.05, 3.63) is 65.5 Å². The number of aryl methyl sites for hydroxylation is 1. The number of benzene rings is 2. The zero-order chi connectivity index (χ0) is 14.4. The predicted octanol–water partition coefficient (Wildman–Crippen LogP) is 3.54. The molecule has 0 heterocycles. The molecule has 0 atom stereocenters. The first-order valence-corrected chi connectivity index (χ1v) is 6.36. The van der Waals surface area contributed by atoms with Crippen molar-refractivity contribution < 1.29 is 19.0 Å². The highest BCUT2D eigenvalue weighted by molar-refractivity contribution is 5.90. The van der Waals surface area contributed by atoms with Crippen LogP contribution in [-0.4, -0.2) is 17.7 Å². The van der Waals surface area contributed by atoms with Gasteiger partial charge in [-0.3, -0.25) is 0 Å². The average Bonchev–Trinajstić information content (AvgIpc) is 2.44. The van der Waals surface area contributed by atoms with Crippen LogP contribution < -0.4 is 4.74 Å². The summed E-state index contributed by atoms with van der Waals surface area (Å²) in [5.74, 6) is -1.55. The van der Waals surface area contributed by atoms with Gasteiger partial charge in [0.05, 0.1) is 6.61 Å². The molecule has 0 aliphatic heterocycles. The van der Waals surface area contributed by atoms with Gasteiger partial charge in [-0.1, -0.05) is 30.3 Å². The number of aromatic carboxylic acids is 1. The fraction of sp³-hybridized carbons (Fsp3) is 0.188. The molecule has 104 valence electrons. The molecule has 3 nitrogen and oxygen atoms in total. The monoisotopic (exact) mass is 274 g/mol. The molecule has 20 heavy (non-hydrogen) atoms. The van der Waals surface area contributed by atoms with Crippen LogP contribution in [0.1, 0.15) is 22.3 Å². The summed E-state index contributed by atoms with van der Waals surface area (Å²) in [6, 6.07) is 13.3. The van der Waals surface area contributed by atoms with Crippen molar-refractivity contribution in [2.75, 3.05) is 6.61 Å². The summed E-state index contributed by atoms with van der Waals surface area (Å²) in [6.45, 7) is 0.346. The lowest BCUT2D eigenvalue weighted by Crippen LogP contribution is -2.05. The zero-order valence-electron chi connectivity index (χ0n) is 10.9. The number of rotatable bonds is 6. The number of hydrogen-bond donors (Lipinski definition) is 1. The second kappa shape index (κ2) is 6.70. The van der Waals surface area contributed by atoms with Gasteiger partial charge < -0.3 is 9.84 Å². The Labute approximate surface area is 116 Å². The highest BCUT2D eigenvalue weighted by atomic mass is 19.1. The van der Waals surface area contributed by atoms with Crippen LogP contribution in [0, 0.1) is 5.82 Å². The van der Waals surface area contributed by atoms with E-state index in [2.05, 4.69) is 0 Å². The molecule has 2 rings (SSSR count). The van der Waals surface area contributed by atoms with Gasteiger partial charge in [0.25, 0.3) is 0 Å². The molecule has 2 aromatic carbocycles. The summed E-state index contributed by atoms with van der Waals surface area (Å²) in [5, 5.41) is 8.99. The number of carbonyl (C=O) groups is 1. The summed E-state index contributed by atoms with van der Waals surface area (Å²) in [4.78, 5) is 11.0. The van der Waals surface area contributed by atoms with E-state index in [4.69, 9.17) is 9.84 Å². The van der Waals surface area contributed by atoms with Crippen molar-refractivity contribution >= 4 is 5.97 Å². The van der Waals surface area contributed by atoms with Crippen molar-refractivity contribution in [1.82, 2.24) is 0 Å². The topological polar surface area (TPSA) is 46.5 Å². The van der Waals surface area contributed by atoms with E-state index in [1.165, 1.54) is 11.6 Å². The van der Waals surface area contributed by atoms with Gasteiger partial charge in [0.2, 0.25) is 0 Å². The lowest BCUT2D eigenvalue weighted by Gasteiger charge is -2.09. The van der Waals surface area contributed by atoms with E-state index >= 15 is 0 Å². The molecule has 0 spiro atoms. The first kappa shape index (κ1) is 14.1. The largest absolute Gasteiger partial charge is 0.493 e. The predicted molar refractivity (Wildman–Crippen MR) is 73.6 cm³/mol. The van der Waals surface area contributed by atoms with Gasteiger partial charge in [-0.25, -0.2) is 9.18 Å². The minimum absolute atomic E-state index is 0.0221. The Bertz CT molecular complexity index is 582. The number of halogens is 1. The van der Waals surface area contributed by atoms with Crippen LogP contribution >= 0.6 is 0 Å². The van der Waals surface area contributed by atoms with Crippen molar-refractivity contribution in [2.45, 2.75) is 12.8 Å².